The fourth-order valence-corrected chi connectivity index (χ4v) is 4.50. The zero-order valence-electron chi connectivity index (χ0n) is 12.5. The van der Waals surface area contributed by atoms with Gasteiger partial charge in [0.1, 0.15) is 0 Å². The van der Waals surface area contributed by atoms with Gasteiger partial charge in [0.05, 0.1) is 11.5 Å². The van der Waals surface area contributed by atoms with Crippen LogP contribution >= 0.6 is 0 Å². The van der Waals surface area contributed by atoms with Crippen LogP contribution in [0.1, 0.15) is 37.3 Å². The van der Waals surface area contributed by atoms with Gasteiger partial charge in [0.2, 0.25) is 0 Å². The average Bonchev–Trinajstić information content (AvgIpc) is 2.77. The second-order valence-electron chi connectivity index (χ2n) is 5.87. The number of benzene rings is 1. The Kier molecular flexibility index (Phi) is 5.22. The van der Waals surface area contributed by atoms with Gasteiger partial charge in [0, 0.05) is 12.6 Å². The Morgan fingerprint density at radius 1 is 1.25 bits per heavy atom. The van der Waals surface area contributed by atoms with Crippen molar-refractivity contribution in [2.24, 2.45) is 0 Å². The summed E-state index contributed by atoms with van der Waals surface area (Å²) in [4.78, 5) is 2.36. The number of rotatable bonds is 6. The van der Waals surface area contributed by atoms with Crippen molar-refractivity contribution in [3.05, 3.63) is 35.4 Å². The van der Waals surface area contributed by atoms with E-state index in [4.69, 9.17) is 0 Å². The van der Waals surface area contributed by atoms with Crippen LogP contribution in [0.25, 0.3) is 0 Å². The van der Waals surface area contributed by atoms with Gasteiger partial charge in [-0.25, -0.2) is 8.42 Å². The summed E-state index contributed by atoms with van der Waals surface area (Å²) < 4.78 is 23.4. The lowest BCUT2D eigenvalue weighted by atomic mass is 10.1. The van der Waals surface area contributed by atoms with Crippen LogP contribution in [0, 0.1) is 6.92 Å². The fourth-order valence-electron chi connectivity index (χ4n) is 2.74. The molecular formula is C16H25NO2S. The number of unbranched alkanes of at least 4 members (excludes halogenated alkanes) is 1. The molecule has 1 aliphatic rings. The van der Waals surface area contributed by atoms with Crippen molar-refractivity contribution in [2.75, 3.05) is 18.1 Å². The molecular weight excluding hydrogens is 270 g/mol. The quantitative estimate of drug-likeness (QED) is 0.810. The molecule has 0 saturated carbocycles. The smallest absolute Gasteiger partial charge is 0.151 e. The lowest BCUT2D eigenvalue weighted by molar-refractivity contribution is 0.200. The Hall–Kier alpha value is -0.870. The van der Waals surface area contributed by atoms with Gasteiger partial charge in [-0.15, -0.1) is 0 Å². The molecule has 1 heterocycles. The molecule has 3 nitrogen and oxygen atoms in total. The summed E-state index contributed by atoms with van der Waals surface area (Å²) in [6, 6.07) is 8.75. The Bertz CT molecular complexity index is 522. The first-order valence-electron chi connectivity index (χ1n) is 7.50. The summed E-state index contributed by atoms with van der Waals surface area (Å²) in [6.45, 7) is 6.11. The van der Waals surface area contributed by atoms with Crippen LogP contribution in [0.3, 0.4) is 0 Å². The van der Waals surface area contributed by atoms with Crippen LogP contribution in [0.15, 0.2) is 24.3 Å². The molecule has 0 aliphatic carbocycles. The molecule has 1 fully saturated rings. The molecule has 1 aromatic carbocycles. The third kappa shape index (κ3) is 4.32. The average molecular weight is 295 g/mol. The predicted molar refractivity (Wildman–Crippen MR) is 83.6 cm³/mol. The second-order valence-corrected chi connectivity index (χ2v) is 8.10. The van der Waals surface area contributed by atoms with E-state index in [9.17, 15) is 8.42 Å². The molecule has 0 bridgehead atoms. The highest BCUT2D eigenvalue weighted by molar-refractivity contribution is 7.91. The lowest BCUT2D eigenvalue weighted by Gasteiger charge is -2.28. The molecule has 112 valence electrons. The maximum Gasteiger partial charge on any atom is 0.151 e. The standard InChI is InChI=1S/C16H25NO2S/c1-3-4-10-17(16-9-11-20(18,19)13-16)12-15-7-5-14(2)6-8-15/h5-8,16H,3-4,9-13H2,1-2H3/t16-/m1/s1. The van der Waals surface area contributed by atoms with E-state index < -0.39 is 9.84 Å². The lowest BCUT2D eigenvalue weighted by Crippen LogP contribution is -2.36. The van der Waals surface area contributed by atoms with Gasteiger partial charge in [-0.3, -0.25) is 4.90 Å². The predicted octanol–water partition coefficient (Wildman–Crippen LogP) is 2.78. The first-order valence-corrected chi connectivity index (χ1v) is 9.32. The Balaban J connectivity index is 2.05. The highest BCUT2D eigenvalue weighted by Gasteiger charge is 2.31. The van der Waals surface area contributed by atoms with Gasteiger partial charge >= 0.3 is 0 Å². The normalized spacial score (nSPS) is 21.4. The van der Waals surface area contributed by atoms with Gasteiger partial charge < -0.3 is 0 Å². The molecule has 4 heteroatoms. The van der Waals surface area contributed by atoms with Gasteiger partial charge in [-0.1, -0.05) is 43.2 Å². The summed E-state index contributed by atoms with van der Waals surface area (Å²) in [6.07, 6.45) is 3.06. The first-order chi connectivity index (χ1) is 9.50. The van der Waals surface area contributed by atoms with Gasteiger partial charge in [0.25, 0.3) is 0 Å². The van der Waals surface area contributed by atoms with E-state index in [1.807, 2.05) is 0 Å². The SMILES string of the molecule is CCCCN(Cc1ccc(C)cc1)[C@@H]1CCS(=O)(=O)C1. The van der Waals surface area contributed by atoms with Gasteiger partial charge in [-0.2, -0.15) is 0 Å². The van der Waals surface area contributed by atoms with Gasteiger partial charge in [0.15, 0.2) is 9.84 Å². The number of sulfone groups is 1. The van der Waals surface area contributed by atoms with Crippen LogP contribution in [0.2, 0.25) is 0 Å². The fraction of sp³-hybridized carbons (Fsp3) is 0.625. The van der Waals surface area contributed by atoms with Crippen LogP contribution in [-0.2, 0) is 16.4 Å². The van der Waals surface area contributed by atoms with Crippen LogP contribution in [0.5, 0.6) is 0 Å². The van der Waals surface area contributed by atoms with E-state index in [2.05, 4.69) is 43.0 Å². The summed E-state index contributed by atoms with van der Waals surface area (Å²) >= 11 is 0. The molecule has 0 N–H and O–H groups in total. The largest absolute Gasteiger partial charge is 0.295 e. The highest BCUT2D eigenvalue weighted by atomic mass is 32.2. The van der Waals surface area contributed by atoms with Crippen LogP contribution < -0.4 is 0 Å². The maximum absolute atomic E-state index is 11.7. The van der Waals surface area contributed by atoms with Crippen LogP contribution in [0.4, 0.5) is 0 Å². The van der Waals surface area contributed by atoms with Crippen LogP contribution in [-0.4, -0.2) is 37.4 Å². The van der Waals surface area contributed by atoms with Crippen molar-refractivity contribution >= 4 is 9.84 Å². The van der Waals surface area contributed by atoms with Gasteiger partial charge in [-0.05, 0) is 31.9 Å². The summed E-state index contributed by atoms with van der Waals surface area (Å²) in [7, 11) is -2.81. The van der Waals surface area contributed by atoms with E-state index in [0.29, 0.717) is 11.5 Å². The molecule has 1 atom stereocenters. The number of hydrogen-bond donors (Lipinski definition) is 0. The first kappa shape index (κ1) is 15.5. The molecule has 0 aromatic heterocycles. The number of nitrogens with zero attached hydrogens (tertiary/aromatic N) is 1. The maximum atomic E-state index is 11.7. The molecule has 0 unspecified atom stereocenters. The topological polar surface area (TPSA) is 37.4 Å². The van der Waals surface area contributed by atoms with Crippen molar-refractivity contribution < 1.29 is 8.42 Å². The highest BCUT2D eigenvalue weighted by Crippen LogP contribution is 2.20. The number of aryl methyl sites for hydroxylation is 1. The zero-order chi connectivity index (χ0) is 14.6. The van der Waals surface area contributed by atoms with E-state index in [1.165, 1.54) is 11.1 Å². The monoisotopic (exact) mass is 295 g/mol. The zero-order valence-corrected chi connectivity index (χ0v) is 13.3. The second kappa shape index (κ2) is 6.72. The van der Waals surface area contributed by atoms with E-state index in [0.717, 1.165) is 32.4 Å². The van der Waals surface area contributed by atoms with Crippen molar-refractivity contribution in [2.45, 2.75) is 45.7 Å². The molecule has 2 rings (SSSR count). The molecule has 1 aliphatic heterocycles. The molecule has 0 amide bonds. The van der Waals surface area contributed by atoms with E-state index in [1.54, 1.807) is 0 Å². The van der Waals surface area contributed by atoms with Crippen molar-refractivity contribution in [1.82, 2.24) is 4.90 Å². The Morgan fingerprint density at radius 2 is 1.95 bits per heavy atom. The third-order valence-electron chi connectivity index (χ3n) is 4.03. The molecule has 1 aromatic rings. The number of hydrogen-bond acceptors (Lipinski definition) is 3. The molecule has 0 spiro atoms. The van der Waals surface area contributed by atoms with E-state index >= 15 is 0 Å². The van der Waals surface area contributed by atoms with E-state index in [-0.39, 0.29) is 6.04 Å². The minimum absolute atomic E-state index is 0.202. The minimum Gasteiger partial charge on any atom is -0.295 e. The van der Waals surface area contributed by atoms with Crippen molar-refractivity contribution in [3.63, 3.8) is 0 Å². The minimum atomic E-state index is -2.81. The van der Waals surface area contributed by atoms with Crippen molar-refractivity contribution in [1.29, 1.82) is 0 Å². The summed E-state index contributed by atoms with van der Waals surface area (Å²) in [5.41, 5.74) is 2.54. The summed E-state index contributed by atoms with van der Waals surface area (Å²) in [5, 5.41) is 0. The third-order valence-corrected chi connectivity index (χ3v) is 5.78. The van der Waals surface area contributed by atoms with Crippen molar-refractivity contribution in [3.8, 4) is 0 Å². The Morgan fingerprint density at radius 3 is 2.50 bits per heavy atom. The molecule has 1 saturated heterocycles. The molecule has 0 radical (unpaired) electrons. The molecule has 20 heavy (non-hydrogen) atoms. The Labute approximate surface area is 122 Å². The summed E-state index contributed by atoms with van der Waals surface area (Å²) in [5.74, 6) is 0.691.